The molecule has 0 atom stereocenters. The Kier molecular flexibility index (Phi) is 6.82. The summed E-state index contributed by atoms with van der Waals surface area (Å²) in [4.78, 5) is 12.5. The van der Waals surface area contributed by atoms with Crippen LogP contribution in [0.3, 0.4) is 0 Å². The van der Waals surface area contributed by atoms with Gasteiger partial charge in [0.25, 0.3) is 0 Å². The zero-order chi connectivity index (χ0) is 19.4. The van der Waals surface area contributed by atoms with Gasteiger partial charge in [-0.15, -0.1) is 0 Å². The Balaban J connectivity index is 2.05. The lowest BCUT2D eigenvalue weighted by Gasteiger charge is -2.23. The summed E-state index contributed by atoms with van der Waals surface area (Å²) in [7, 11) is -3.64. The fourth-order valence-corrected chi connectivity index (χ4v) is 4.90. The molecule has 1 aliphatic heterocycles. The largest absolute Gasteiger partial charge is 0.326 e. The van der Waals surface area contributed by atoms with Crippen molar-refractivity contribution in [2.24, 2.45) is 5.92 Å². The lowest BCUT2D eigenvalue weighted by Crippen LogP contribution is -2.40. The monoisotopic (exact) mass is 381 g/mol. The number of rotatable bonds is 6. The van der Waals surface area contributed by atoms with Crippen molar-refractivity contribution < 1.29 is 13.2 Å². The minimum absolute atomic E-state index is 0.0649. The number of carbonyl (C=O) groups excluding carboxylic acids is 1. The first-order valence-electron chi connectivity index (χ1n) is 9.23. The number of hydrogen-bond acceptors (Lipinski definition) is 4. The Hall–Kier alpha value is -1.44. The molecule has 1 fully saturated rings. The Bertz CT molecular complexity index is 733. The van der Waals surface area contributed by atoms with E-state index in [0.29, 0.717) is 23.6 Å². The Morgan fingerprint density at radius 1 is 1.23 bits per heavy atom. The van der Waals surface area contributed by atoms with Crippen LogP contribution in [0.4, 0.5) is 5.69 Å². The molecule has 3 N–H and O–H groups in total. The molecule has 0 aliphatic carbocycles. The lowest BCUT2D eigenvalue weighted by molar-refractivity contribution is -0.116. The molecule has 0 unspecified atom stereocenters. The van der Waals surface area contributed by atoms with Gasteiger partial charge < -0.3 is 10.6 Å². The van der Waals surface area contributed by atoms with E-state index in [2.05, 4.69) is 15.4 Å². The fourth-order valence-electron chi connectivity index (χ4n) is 3.22. The van der Waals surface area contributed by atoms with E-state index in [0.717, 1.165) is 32.4 Å². The smallest absolute Gasteiger partial charge is 0.241 e. The third kappa shape index (κ3) is 6.07. The molecule has 6 nitrogen and oxygen atoms in total. The number of carbonyl (C=O) groups is 1. The maximum atomic E-state index is 12.6. The molecule has 1 saturated heterocycles. The van der Waals surface area contributed by atoms with E-state index in [1.54, 1.807) is 45.9 Å². The van der Waals surface area contributed by atoms with E-state index in [1.165, 1.54) is 0 Å². The predicted octanol–water partition coefficient (Wildman–Crippen LogP) is 2.79. The van der Waals surface area contributed by atoms with Crippen molar-refractivity contribution in [3.05, 3.63) is 23.8 Å². The minimum Gasteiger partial charge on any atom is -0.326 e. The van der Waals surface area contributed by atoms with Crippen LogP contribution >= 0.6 is 0 Å². The van der Waals surface area contributed by atoms with Crippen LogP contribution in [0.15, 0.2) is 23.1 Å². The molecule has 0 radical (unpaired) electrons. The highest BCUT2D eigenvalue weighted by Gasteiger charge is 2.24. The molecular weight excluding hydrogens is 350 g/mol. The third-order valence-electron chi connectivity index (χ3n) is 4.53. The summed E-state index contributed by atoms with van der Waals surface area (Å²) in [5.41, 5.74) is 0.538. The summed E-state index contributed by atoms with van der Waals surface area (Å²) < 4.78 is 27.9. The van der Waals surface area contributed by atoms with Gasteiger partial charge >= 0.3 is 0 Å². The molecule has 26 heavy (non-hydrogen) atoms. The van der Waals surface area contributed by atoms with Crippen LogP contribution in [0.25, 0.3) is 0 Å². The summed E-state index contributed by atoms with van der Waals surface area (Å²) >= 11 is 0. The number of hydrogen-bond donors (Lipinski definition) is 3. The molecule has 146 valence electrons. The fraction of sp³-hybridized carbons (Fsp3) is 0.632. The molecule has 1 aromatic rings. The quantitative estimate of drug-likeness (QED) is 0.707. The number of nitrogens with one attached hydrogen (secondary N) is 3. The standard InChI is InChI=1S/C19H31N3O3S/c1-14-16(21-18(23)9-8-15-10-12-20-13-11-15)6-5-7-17(14)26(24,25)22-19(2,3)4/h5-7,15,20,22H,8-13H2,1-4H3,(H,21,23). The van der Waals surface area contributed by atoms with Gasteiger partial charge in [0.1, 0.15) is 0 Å². The van der Waals surface area contributed by atoms with Gasteiger partial charge in [0, 0.05) is 17.6 Å². The predicted molar refractivity (Wildman–Crippen MR) is 105 cm³/mol. The first-order chi connectivity index (χ1) is 12.1. The number of anilines is 1. The second-order valence-corrected chi connectivity index (χ2v) is 9.72. The number of sulfonamides is 1. The normalized spacial score (nSPS) is 16.5. The van der Waals surface area contributed by atoms with Gasteiger partial charge in [-0.05, 0) is 83.7 Å². The summed E-state index contributed by atoms with van der Waals surface area (Å²) in [6, 6.07) is 4.97. The molecule has 1 aromatic carbocycles. The molecule has 0 bridgehead atoms. The van der Waals surface area contributed by atoms with Crippen LogP contribution < -0.4 is 15.4 Å². The van der Waals surface area contributed by atoms with Crippen molar-refractivity contribution in [3.8, 4) is 0 Å². The van der Waals surface area contributed by atoms with Crippen LogP contribution in [0, 0.1) is 12.8 Å². The zero-order valence-electron chi connectivity index (χ0n) is 16.2. The average Bonchev–Trinajstić information content (AvgIpc) is 2.53. The Morgan fingerprint density at radius 2 is 1.88 bits per heavy atom. The highest BCUT2D eigenvalue weighted by atomic mass is 32.2. The summed E-state index contributed by atoms with van der Waals surface area (Å²) in [5.74, 6) is 0.524. The summed E-state index contributed by atoms with van der Waals surface area (Å²) in [6.45, 7) is 9.16. The van der Waals surface area contributed by atoms with Crippen molar-refractivity contribution in [1.29, 1.82) is 0 Å². The van der Waals surface area contributed by atoms with Crippen LogP contribution in [0.2, 0.25) is 0 Å². The van der Waals surface area contributed by atoms with E-state index in [4.69, 9.17) is 0 Å². The van der Waals surface area contributed by atoms with Crippen molar-refractivity contribution in [2.45, 2.75) is 63.8 Å². The molecule has 0 aromatic heterocycles. The van der Waals surface area contributed by atoms with Crippen molar-refractivity contribution in [1.82, 2.24) is 10.0 Å². The lowest BCUT2D eigenvalue weighted by atomic mass is 9.93. The summed E-state index contributed by atoms with van der Waals surface area (Å²) in [5, 5.41) is 6.20. The summed E-state index contributed by atoms with van der Waals surface area (Å²) in [6.07, 6.45) is 3.55. The molecule has 2 rings (SSSR count). The molecule has 7 heteroatoms. The highest BCUT2D eigenvalue weighted by molar-refractivity contribution is 7.89. The van der Waals surface area contributed by atoms with Gasteiger partial charge in [-0.3, -0.25) is 4.79 Å². The van der Waals surface area contributed by atoms with E-state index >= 15 is 0 Å². The molecular formula is C19H31N3O3S. The van der Waals surface area contributed by atoms with Gasteiger partial charge in [-0.2, -0.15) is 0 Å². The first-order valence-corrected chi connectivity index (χ1v) is 10.7. The number of benzene rings is 1. The van der Waals surface area contributed by atoms with Crippen LogP contribution in [-0.4, -0.2) is 33.0 Å². The second-order valence-electron chi connectivity index (χ2n) is 8.06. The van der Waals surface area contributed by atoms with Crippen LogP contribution in [0.5, 0.6) is 0 Å². The topological polar surface area (TPSA) is 87.3 Å². The molecule has 0 saturated carbocycles. The van der Waals surface area contributed by atoms with Crippen molar-refractivity contribution in [2.75, 3.05) is 18.4 Å². The zero-order valence-corrected chi connectivity index (χ0v) is 17.0. The van der Waals surface area contributed by atoms with Crippen LogP contribution in [-0.2, 0) is 14.8 Å². The first kappa shape index (κ1) is 20.9. The van der Waals surface area contributed by atoms with Crippen molar-refractivity contribution >= 4 is 21.6 Å². The van der Waals surface area contributed by atoms with E-state index < -0.39 is 15.6 Å². The minimum atomic E-state index is -3.64. The van der Waals surface area contributed by atoms with Gasteiger partial charge in [0.05, 0.1) is 4.90 Å². The molecule has 1 heterocycles. The number of amides is 1. The third-order valence-corrected chi connectivity index (χ3v) is 6.43. The van der Waals surface area contributed by atoms with Crippen molar-refractivity contribution in [3.63, 3.8) is 0 Å². The maximum absolute atomic E-state index is 12.6. The molecule has 1 aliphatic rings. The SMILES string of the molecule is Cc1c(NC(=O)CCC2CCNCC2)cccc1S(=O)(=O)NC(C)(C)C. The van der Waals surface area contributed by atoms with E-state index in [1.807, 2.05) is 0 Å². The Morgan fingerprint density at radius 3 is 2.50 bits per heavy atom. The second kappa shape index (κ2) is 8.50. The maximum Gasteiger partial charge on any atom is 0.241 e. The van der Waals surface area contributed by atoms with E-state index in [9.17, 15) is 13.2 Å². The number of piperidine rings is 1. The molecule has 1 amide bonds. The Labute approximate surface area is 157 Å². The van der Waals surface area contributed by atoms with Gasteiger partial charge in [-0.25, -0.2) is 13.1 Å². The van der Waals surface area contributed by atoms with Gasteiger partial charge in [0.2, 0.25) is 15.9 Å². The van der Waals surface area contributed by atoms with Gasteiger partial charge in [-0.1, -0.05) is 6.07 Å². The van der Waals surface area contributed by atoms with Gasteiger partial charge in [0.15, 0.2) is 0 Å². The highest BCUT2D eigenvalue weighted by Crippen LogP contribution is 2.25. The van der Waals surface area contributed by atoms with E-state index in [-0.39, 0.29) is 10.8 Å². The van der Waals surface area contributed by atoms with Crippen LogP contribution in [0.1, 0.15) is 52.0 Å². The molecule has 0 spiro atoms. The average molecular weight is 382 g/mol.